The van der Waals surface area contributed by atoms with Gasteiger partial charge in [0.2, 0.25) is 5.91 Å². The maximum atomic E-state index is 12.2. The van der Waals surface area contributed by atoms with E-state index in [1.54, 1.807) is 0 Å². The summed E-state index contributed by atoms with van der Waals surface area (Å²) in [5, 5.41) is 14.7. The van der Waals surface area contributed by atoms with Crippen molar-refractivity contribution in [2.75, 3.05) is 26.4 Å². The van der Waals surface area contributed by atoms with Crippen LogP contribution in [0.15, 0.2) is 48.5 Å². The van der Waals surface area contributed by atoms with E-state index in [0.29, 0.717) is 12.8 Å². The third-order valence-corrected chi connectivity index (χ3v) is 6.72. The molecule has 2 aromatic carbocycles. The lowest BCUT2D eigenvalue weighted by molar-refractivity contribution is -0.143. The first-order chi connectivity index (χ1) is 17.0. The van der Waals surface area contributed by atoms with E-state index in [4.69, 9.17) is 14.6 Å². The molecule has 0 aromatic heterocycles. The summed E-state index contributed by atoms with van der Waals surface area (Å²) in [5.74, 6) is -1.31. The van der Waals surface area contributed by atoms with Gasteiger partial charge < -0.3 is 25.2 Å². The highest BCUT2D eigenvalue weighted by Gasteiger charge is 2.29. The number of ether oxygens (including phenoxy) is 2. The van der Waals surface area contributed by atoms with Crippen LogP contribution in [0.3, 0.4) is 0 Å². The minimum absolute atomic E-state index is 0.0119. The molecule has 0 saturated heterocycles. The first kappa shape index (κ1) is 24.7. The average molecular weight is 481 g/mol. The summed E-state index contributed by atoms with van der Waals surface area (Å²) in [6.07, 6.45) is 2.45. The summed E-state index contributed by atoms with van der Waals surface area (Å²) in [6, 6.07) is 16.3. The van der Waals surface area contributed by atoms with Crippen molar-refractivity contribution >= 4 is 18.0 Å². The molecular weight excluding hydrogens is 448 g/mol. The lowest BCUT2D eigenvalue weighted by atomic mass is 9.86. The second kappa shape index (κ2) is 11.8. The van der Waals surface area contributed by atoms with Crippen molar-refractivity contribution in [1.82, 2.24) is 10.6 Å². The second-order valence-corrected chi connectivity index (χ2v) is 9.08. The van der Waals surface area contributed by atoms with Crippen molar-refractivity contribution in [3.8, 4) is 11.1 Å². The van der Waals surface area contributed by atoms with Crippen LogP contribution in [-0.4, -0.2) is 55.5 Å². The lowest BCUT2D eigenvalue weighted by Gasteiger charge is -2.27. The SMILES string of the molecule is O=C(CCOCCNC(=O)OCC1c2ccccc2-c2ccccc21)NC1CCCC(C(=O)O)C1. The standard InChI is InChI=1S/C27H32N2O6/c30-25(29-19-7-5-6-18(16-19)26(31)32)12-14-34-15-13-28-27(33)35-17-24-22-10-3-1-8-20(22)21-9-2-4-11-23(21)24/h1-4,8-11,18-19,24H,5-7,12-17H2,(H,28,33)(H,29,30)(H,31,32). The Labute approximate surface area is 205 Å². The maximum absolute atomic E-state index is 12.2. The Balaban J connectivity index is 1.10. The third-order valence-electron chi connectivity index (χ3n) is 6.72. The Kier molecular flexibility index (Phi) is 8.36. The minimum atomic E-state index is -0.795. The molecular formula is C27H32N2O6. The lowest BCUT2D eigenvalue weighted by Crippen LogP contribution is -2.40. The van der Waals surface area contributed by atoms with E-state index in [1.165, 1.54) is 11.1 Å². The van der Waals surface area contributed by atoms with Crippen molar-refractivity contribution in [3.05, 3.63) is 59.7 Å². The fourth-order valence-electron chi connectivity index (χ4n) is 4.99. The van der Waals surface area contributed by atoms with Crippen molar-refractivity contribution in [1.29, 1.82) is 0 Å². The smallest absolute Gasteiger partial charge is 0.407 e. The van der Waals surface area contributed by atoms with Crippen LogP contribution in [0.25, 0.3) is 11.1 Å². The zero-order chi connectivity index (χ0) is 24.6. The highest BCUT2D eigenvalue weighted by molar-refractivity contribution is 5.79. The first-order valence-electron chi connectivity index (χ1n) is 12.2. The fraction of sp³-hybridized carbons (Fsp3) is 0.444. The van der Waals surface area contributed by atoms with Crippen LogP contribution in [0.5, 0.6) is 0 Å². The van der Waals surface area contributed by atoms with Gasteiger partial charge in [0.1, 0.15) is 6.61 Å². The number of carbonyl (C=O) groups excluding carboxylic acids is 2. The predicted molar refractivity (Wildman–Crippen MR) is 130 cm³/mol. The molecule has 0 bridgehead atoms. The van der Waals surface area contributed by atoms with Crippen molar-refractivity contribution < 1.29 is 29.0 Å². The summed E-state index contributed by atoms with van der Waals surface area (Å²) in [5.41, 5.74) is 4.68. The largest absolute Gasteiger partial charge is 0.481 e. The van der Waals surface area contributed by atoms with Gasteiger partial charge in [0.25, 0.3) is 0 Å². The molecule has 0 aliphatic heterocycles. The molecule has 186 valence electrons. The molecule has 2 atom stereocenters. The van der Waals surface area contributed by atoms with Crippen LogP contribution >= 0.6 is 0 Å². The number of hydrogen-bond donors (Lipinski definition) is 3. The van der Waals surface area contributed by atoms with Gasteiger partial charge >= 0.3 is 12.1 Å². The summed E-state index contributed by atoms with van der Waals surface area (Å²) in [7, 11) is 0. The highest BCUT2D eigenvalue weighted by atomic mass is 16.5. The molecule has 2 aliphatic carbocycles. The van der Waals surface area contributed by atoms with Gasteiger partial charge in [-0.05, 0) is 41.5 Å². The molecule has 3 N–H and O–H groups in total. The van der Waals surface area contributed by atoms with E-state index in [-0.39, 0.29) is 56.6 Å². The Morgan fingerprint density at radius 2 is 1.63 bits per heavy atom. The van der Waals surface area contributed by atoms with Crippen LogP contribution in [-0.2, 0) is 19.1 Å². The molecule has 2 amide bonds. The number of carbonyl (C=O) groups is 3. The number of nitrogens with one attached hydrogen (secondary N) is 2. The molecule has 0 spiro atoms. The second-order valence-electron chi connectivity index (χ2n) is 9.08. The maximum Gasteiger partial charge on any atom is 0.407 e. The van der Waals surface area contributed by atoms with Crippen LogP contribution < -0.4 is 10.6 Å². The minimum Gasteiger partial charge on any atom is -0.481 e. The Morgan fingerprint density at radius 3 is 2.31 bits per heavy atom. The van der Waals surface area contributed by atoms with Gasteiger partial charge in [-0.25, -0.2) is 4.79 Å². The van der Waals surface area contributed by atoms with Crippen LogP contribution in [0.2, 0.25) is 0 Å². The zero-order valence-electron chi connectivity index (χ0n) is 19.7. The Hall–Kier alpha value is -3.39. The number of aliphatic carboxylic acids is 1. The van der Waals surface area contributed by atoms with Gasteiger partial charge in [0.15, 0.2) is 0 Å². The van der Waals surface area contributed by atoms with Gasteiger partial charge in [-0.2, -0.15) is 0 Å². The average Bonchev–Trinajstić information content (AvgIpc) is 3.18. The van der Waals surface area contributed by atoms with E-state index < -0.39 is 12.1 Å². The van der Waals surface area contributed by atoms with Crippen molar-refractivity contribution in [3.63, 3.8) is 0 Å². The number of rotatable bonds is 10. The van der Waals surface area contributed by atoms with E-state index in [1.807, 2.05) is 24.3 Å². The van der Waals surface area contributed by atoms with Crippen molar-refractivity contribution in [2.24, 2.45) is 5.92 Å². The molecule has 4 rings (SSSR count). The molecule has 2 unspecified atom stereocenters. The molecule has 0 heterocycles. The third kappa shape index (κ3) is 6.39. The molecule has 1 fully saturated rings. The number of hydrogen-bond acceptors (Lipinski definition) is 5. The van der Waals surface area contributed by atoms with Crippen LogP contribution in [0.1, 0.15) is 49.1 Å². The summed E-state index contributed by atoms with van der Waals surface area (Å²) in [4.78, 5) is 35.4. The van der Waals surface area contributed by atoms with Gasteiger partial charge in [-0.1, -0.05) is 55.0 Å². The van der Waals surface area contributed by atoms with Gasteiger partial charge in [-0.15, -0.1) is 0 Å². The molecule has 1 saturated carbocycles. The molecule has 8 nitrogen and oxygen atoms in total. The zero-order valence-corrected chi connectivity index (χ0v) is 19.7. The van der Waals surface area contributed by atoms with E-state index >= 15 is 0 Å². The normalized spacial score (nSPS) is 18.9. The number of amides is 2. The number of benzene rings is 2. The molecule has 2 aliphatic rings. The van der Waals surface area contributed by atoms with E-state index in [0.717, 1.165) is 24.0 Å². The van der Waals surface area contributed by atoms with Crippen LogP contribution in [0.4, 0.5) is 4.79 Å². The van der Waals surface area contributed by atoms with E-state index in [2.05, 4.69) is 34.9 Å². The summed E-state index contributed by atoms with van der Waals surface area (Å²) < 4.78 is 10.9. The molecule has 2 aromatic rings. The monoisotopic (exact) mass is 480 g/mol. The van der Waals surface area contributed by atoms with Crippen molar-refractivity contribution in [2.45, 2.75) is 44.1 Å². The predicted octanol–water partition coefficient (Wildman–Crippen LogP) is 3.69. The first-order valence-corrected chi connectivity index (χ1v) is 12.2. The van der Waals surface area contributed by atoms with E-state index in [9.17, 15) is 14.4 Å². The fourth-order valence-corrected chi connectivity index (χ4v) is 4.99. The molecule has 35 heavy (non-hydrogen) atoms. The highest BCUT2D eigenvalue weighted by Crippen LogP contribution is 2.44. The van der Waals surface area contributed by atoms with Crippen LogP contribution in [0, 0.1) is 5.92 Å². The molecule has 0 radical (unpaired) electrons. The molecule has 8 heteroatoms. The summed E-state index contributed by atoms with van der Waals surface area (Å²) >= 11 is 0. The number of carboxylic acids is 1. The number of fused-ring (bicyclic) bond motifs is 3. The van der Waals surface area contributed by atoms with Gasteiger partial charge in [-0.3, -0.25) is 9.59 Å². The van der Waals surface area contributed by atoms with Gasteiger partial charge in [0, 0.05) is 24.9 Å². The number of carboxylic acid groups (broad SMARTS) is 1. The quantitative estimate of drug-likeness (QED) is 0.447. The Morgan fingerprint density at radius 1 is 0.943 bits per heavy atom. The topological polar surface area (TPSA) is 114 Å². The number of alkyl carbamates (subject to hydrolysis) is 1. The summed E-state index contributed by atoms with van der Waals surface area (Å²) in [6.45, 7) is 1.03. The Bertz CT molecular complexity index is 1010. The van der Waals surface area contributed by atoms with Gasteiger partial charge in [0.05, 0.1) is 19.1 Å².